The highest BCUT2D eigenvalue weighted by molar-refractivity contribution is 5.46. The molecule has 2 N–H and O–H groups in total. The van der Waals surface area contributed by atoms with Crippen LogP contribution in [-0.2, 0) is 13.5 Å². The summed E-state index contributed by atoms with van der Waals surface area (Å²) in [5.74, 6) is -4.05. The lowest BCUT2D eigenvalue weighted by Crippen LogP contribution is -2.21. The van der Waals surface area contributed by atoms with Crippen molar-refractivity contribution in [3.05, 3.63) is 45.6 Å². The van der Waals surface area contributed by atoms with Crippen molar-refractivity contribution < 1.29 is 13.2 Å². The Bertz CT molecular complexity index is 724. The number of aromatic nitrogens is 2. The number of nitrogens with two attached hydrogens (primary N) is 1. The van der Waals surface area contributed by atoms with Crippen molar-refractivity contribution in [3.8, 4) is 5.69 Å². The monoisotopic (exact) mass is 299 g/mol. The number of nitrogen functional groups attached to an aromatic ring is 1. The van der Waals surface area contributed by atoms with Crippen LogP contribution in [0.1, 0.15) is 19.5 Å². The van der Waals surface area contributed by atoms with Gasteiger partial charge >= 0.3 is 0 Å². The molecule has 0 spiro atoms. The van der Waals surface area contributed by atoms with Crippen LogP contribution in [0.3, 0.4) is 0 Å². The second kappa shape index (κ2) is 5.31. The predicted octanol–water partition coefficient (Wildman–Crippen LogP) is 2.37. The highest BCUT2D eigenvalue weighted by Crippen LogP contribution is 2.19. The normalized spacial score (nSPS) is 11.4. The van der Waals surface area contributed by atoms with Crippen LogP contribution in [0.5, 0.6) is 0 Å². The minimum atomic E-state index is -1.57. The molecule has 0 aliphatic heterocycles. The van der Waals surface area contributed by atoms with E-state index in [1.54, 1.807) is 7.05 Å². The van der Waals surface area contributed by atoms with Crippen molar-refractivity contribution >= 4 is 5.69 Å². The molecular weight excluding hydrogens is 283 g/mol. The number of nitrogens with zero attached hydrogens (tertiary/aromatic N) is 2. The zero-order valence-corrected chi connectivity index (χ0v) is 12.0. The summed E-state index contributed by atoms with van der Waals surface area (Å²) in [6, 6.07) is 1.52. The molecule has 2 rings (SSSR count). The summed E-state index contributed by atoms with van der Waals surface area (Å²) in [4.78, 5) is 12.2. The van der Waals surface area contributed by atoms with Gasteiger partial charge in [-0.1, -0.05) is 13.8 Å². The first-order valence-electron chi connectivity index (χ1n) is 6.45. The number of hydrogen-bond donors (Lipinski definition) is 1. The van der Waals surface area contributed by atoms with Gasteiger partial charge in [-0.2, -0.15) is 0 Å². The van der Waals surface area contributed by atoms with E-state index in [4.69, 9.17) is 5.73 Å². The zero-order valence-electron chi connectivity index (χ0n) is 12.0. The number of halogens is 3. The lowest BCUT2D eigenvalue weighted by Gasteiger charge is -2.11. The molecule has 7 heteroatoms. The molecule has 2 aromatic rings. The Labute approximate surface area is 119 Å². The molecule has 0 saturated carbocycles. The van der Waals surface area contributed by atoms with Crippen LogP contribution in [0.25, 0.3) is 5.69 Å². The molecule has 0 aliphatic carbocycles. The van der Waals surface area contributed by atoms with Crippen LogP contribution >= 0.6 is 0 Å². The minimum Gasteiger partial charge on any atom is -0.393 e. The number of anilines is 1. The molecular formula is C14H16F3N3O. The predicted molar refractivity (Wildman–Crippen MR) is 73.8 cm³/mol. The van der Waals surface area contributed by atoms with E-state index < -0.39 is 23.0 Å². The molecule has 4 nitrogen and oxygen atoms in total. The van der Waals surface area contributed by atoms with Gasteiger partial charge in [-0.15, -0.1) is 0 Å². The van der Waals surface area contributed by atoms with Gasteiger partial charge in [-0.05, 0) is 12.3 Å². The Morgan fingerprint density at radius 1 is 1.19 bits per heavy atom. The molecule has 1 heterocycles. The summed E-state index contributed by atoms with van der Waals surface area (Å²) in [6.07, 6.45) is 0.538. The Morgan fingerprint density at radius 3 is 2.19 bits per heavy atom. The molecule has 0 bridgehead atoms. The van der Waals surface area contributed by atoms with Crippen molar-refractivity contribution in [1.82, 2.24) is 9.36 Å². The van der Waals surface area contributed by atoms with Gasteiger partial charge < -0.3 is 5.73 Å². The Balaban J connectivity index is 2.68. The van der Waals surface area contributed by atoms with Gasteiger partial charge in [0.2, 0.25) is 0 Å². The Hall–Kier alpha value is -2.18. The van der Waals surface area contributed by atoms with E-state index in [2.05, 4.69) is 0 Å². The van der Waals surface area contributed by atoms with Gasteiger partial charge in [0.15, 0.2) is 17.5 Å². The van der Waals surface area contributed by atoms with Crippen LogP contribution in [-0.4, -0.2) is 9.36 Å². The van der Waals surface area contributed by atoms with E-state index in [1.165, 1.54) is 4.68 Å². The molecule has 1 aromatic heterocycles. The maximum absolute atomic E-state index is 13.3. The van der Waals surface area contributed by atoms with E-state index in [9.17, 15) is 18.0 Å². The molecule has 0 unspecified atom stereocenters. The average molecular weight is 299 g/mol. The number of hydrogen-bond acceptors (Lipinski definition) is 2. The quantitative estimate of drug-likeness (QED) is 0.885. The van der Waals surface area contributed by atoms with Gasteiger partial charge in [0.25, 0.3) is 5.56 Å². The van der Waals surface area contributed by atoms with Crippen LogP contribution in [0.15, 0.2) is 16.9 Å². The number of benzene rings is 1. The molecule has 0 amide bonds. The lowest BCUT2D eigenvalue weighted by atomic mass is 10.1. The average Bonchev–Trinajstić information content (AvgIpc) is 2.59. The van der Waals surface area contributed by atoms with E-state index in [-0.39, 0.29) is 17.3 Å². The van der Waals surface area contributed by atoms with Gasteiger partial charge in [-0.25, -0.2) is 17.9 Å². The maximum atomic E-state index is 13.3. The summed E-state index contributed by atoms with van der Waals surface area (Å²) in [6.45, 7) is 3.91. The van der Waals surface area contributed by atoms with Crippen LogP contribution < -0.4 is 11.3 Å². The molecule has 0 saturated heterocycles. The van der Waals surface area contributed by atoms with E-state index in [0.717, 1.165) is 16.8 Å². The van der Waals surface area contributed by atoms with Gasteiger partial charge in [0, 0.05) is 19.2 Å². The molecule has 0 radical (unpaired) electrons. The van der Waals surface area contributed by atoms with Crippen molar-refractivity contribution in [2.45, 2.75) is 20.3 Å². The SMILES string of the molecule is CC(C)Cc1c(N)c(=O)n(-c2cc(F)c(F)c(F)c2)n1C. The third-order valence-electron chi connectivity index (χ3n) is 3.24. The zero-order chi connectivity index (χ0) is 15.9. The highest BCUT2D eigenvalue weighted by atomic mass is 19.2. The molecule has 0 fully saturated rings. The van der Waals surface area contributed by atoms with Crippen LogP contribution in [0.2, 0.25) is 0 Å². The standard InChI is InChI=1S/C14H16F3N3O/c1-7(2)4-11-13(18)14(21)20(19(11)3)8-5-9(15)12(17)10(16)6-8/h5-7H,4,18H2,1-3H3. The smallest absolute Gasteiger partial charge is 0.294 e. The van der Waals surface area contributed by atoms with Crippen molar-refractivity contribution in [2.24, 2.45) is 13.0 Å². The van der Waals surface area contributed by atoms with Crippen molar-refractivity contribution in [3.63, 3.8) is 0 Å². The Morgan fingerprint density at radius 2 is 1.71 bits per heavy atom. The third-order valence-corrected chi connectivity index (χ3v) is 3.24. The van der Waals surface area contributed by atoms with Crippen LogP contribution in [0, 0.1) is 23.4 Å². The summed E-state index contributed by atoms with van der Waals surface area (Å²) in [5, 5.41) is 0. The second-order valence-corrected chi connectivity index (χ2v) is 5.32. The Kier molecular flexibility index (Phi) is 3.85. The fourth-order valence-corrected chi connectivity index (χ4v) is 2.25. The molecule has 1 aromatic carbocycles. The highest BCUT2D eigenvalue weighted by Gasteiger charge is 2.19. The van der Waals surface area contributed by atoms with E-state index >= 15 is 0 Å². The maximum Gasteiger partial charge on any atom is 0.294 e. The van der Waals surface area contributed by atoms with Crippen molar-refractivity contribution in [2.75, 3.05) is 5.73 Å². The van der Waals surface area contributed by atoms with Crippen LogP contribution in [0.4, 0.5) is 18.9 Å². The topological polar surface area (TPSA) is 53.0 Å². The fourth-order valence-electron chi connectivity index (χ4n) is 2.25. The number of rotatable bonds is 3. The first kappa shape index (κ1) is 15.2. The summed E-state index contributed by atoms with van der Waals surface area (Å²) in [7, 11) is 1.56. The first-order chi connectivity index (χ1) is 9.73. The van der Waals surface area contributed by atoms with E-state index in [1.807, 2.05) is 13.8 Å². The van der Waals surface area contributed by atoms with E-state index in [0.29, 0.717) is 12.1 Å². The molecule has 21 heavy (non-hydrogen) atoms. The largest absolute Gasteiger partial charge is 0.393 e. The first-order valence-corrected chi connectivity index (χ1v) is 6.45. The summed E-state index contributed by atoms with van der Waals surface area (Å²) >= 11 is 0. The van der Waals surface area contributed by atoms with Crippen molar-refractivity contribution in [1.29, 1.82) is 0 Å². The fraction of sp³-hybridized carbons (Fsp3) is 0.357. The molecule has 0 aliphatic rings. The summed E-state index contributed by atoms with van der Waals surface area (Å²) in [5.41, 5.74) is 5.68. The lowest BCUT2D eigenvalue weighted by molar-refractivity contribution is 0.444. The van der Waals surface area contributed by atoms with Gasteiger partial charge in [-0.3, -0.25) is 9.48 Å². The molecule has 114 valence electrons. The minimum absolute atomic E-state index is 0.0244. The third kappa shape index (κ3) is 2.55. The second-order valence-electron chi connectivity index (χ2n) is 5.32. The molecule has 0 atom stereocenters. The summed E-state index contributed by atoms with van der Waals surface area (Å²) < 4.78 is 42.1. The van der Waals surface area contributed by atoms with Gasteiger partial charge in [0.05, 0.1) is 11.4 Å². The van der Waals surface area contributed by atoms with Gasteiger partial charge in [0.1, 0.15) is 5.69 Å².